The van der Waals surface area contributed by atoms with Crippen LogP contribution >= 0.6 is 11.6 Å². The van der Waals surface area contributed by atoms with E-state index in [1.807, 2.05) is 0 Å². The van der Waals surface area contributed by atoms with E-state index in [1.54, 1.807) is 36.4 Å². The predicted octanol–water partition coefficient (Wildman–Crippen LogP) is 3.58. The van der Waals surface area contributed by atoms with Crippen LogP contribution in [-0.4, -0.2) is 11.8 Å². The van der Waals surface area contributed by atoms with Gasteiger partial charge in [0.15, 0.2) is 0 Å². The van der Waals surface area contributed by atoms with Crippen molar-refractivity contribution in [1.29, 1.82) is 0 Å². The van der Waals surface area contributed by atoms with E-state index < -0.39 is 0 Å². The molecule has 0 saturated heterocycles. The van der Waals surface area contributed by atoms with E-state index in [4.69, 9.17) is 16.0 Å². The molecule has 2 heterocycles. The predicted molar refractivity (Wildman–Crippen MR) is 86.8 cm³/mol. The van der Waals surface area contributed by atoms with Crippen LogP contribution in [0.15, 0.2) is 47.1 Å². The summed E-state index contributed by atoms with van der Waals surface area (Å²) in [6.45, 7) is 0.405. The highest BCUT2D eigenvalue weighted by Crippen LogP contribution is 2.28. The Morgan fingerprint density at radius 1 is 1.26 bits per heavy atom. The summed E-state index contributed by atoms with van der Waals surface area (Å²) >= 11 is 5.99. The standard InChI is InChI=1S/C17H11ClN2O3/c18-9-4-5-15-11(6-9)13(8-23-15)17(22)20-14-3-1-2-10-12(14)7-19-16(10)21/h1-6,8H,7H2,(H,19,21)(H,20,22). The van der Waals surface area contributed by atoms with Gasteiger partial charge in [0.2, 0.25) is 0 Å². The van der Waals surface area contributed by atoms with Crippen LogP contribution < -0.4 is 10.6 Å². The van der Waals surface area contributed by atoms with E-state index in [-0.39, 0.29) is 11.8 Å². The van der Waals surface area contributed by atoms with E-state index in [1.165, 1.54) is 6.26 Å². The summed E-state index contributed by atoms with van der Waals surface area (Å²) in [5, 5.41) is 6.77. The van der Waals surface area contributed by atoms with Gasteiger partial charge in [-0.25, -0.2) is 0 Å². The largest absolute Gasteiger partial charge is 0.463 e. The number of rotatable bonds is 2. The molecule has 0 spiro atoms. The molecule has 1 aromatic heterocycles. The summed E-state index contributed by atoms with van der Waals surface area (Å²) in [6, 6.07) is 10.4. The highest BCUT2D eigenvalue weighted by atomic mass is 35.5. The molecule has 3 aromatic rings. The molecule has 1 aliphatic rings. The maximum Gasteiger partial charge on any atom is 0.259 e. The second-order valence-corrected chi connectivity index (χ2v) is 5.69. The molecule has 5 nitrogen and oxygen atoms in total. The zero-order chi connectivity index (χ0) is 16.0. The third-order valence-electron chi connectivity index (χ3n) is 3.87. The molecule has 0 saturated carbocycles. The molecule has 114 valence electrons. The second kappa shape index (κ2) is 5.14. The number of hydrogen-bond donors (Lipinski definition) is 2. The molecule has 1 aliphatic heterocycles. The Kier molecular flexibility index (Phi) is 3.09. The number of amides is 2. The first-order chi connectivity index (χ1) is 11.1. The minimum atomic E-state index is -0.307. The molecule has 0 bridgehead atoms. The fourth-order valence-corrected chi connectivity index (χ4v) is 2.91. The quantitative estimate of drug-likeness (QED) is 0.756. The molecule has 4 rings (SSSR count). The molecular weight excluding hydrogens is 316 g/mol. The van der Waals surface area contributed by atoms with Crippen LogP contribution in [0.5, 0.6) is 0 Å². The lowest BCUT2D eigenvalue weighted by atomic mass is 10.1. The Labute approximate surface area is 136 Å². The smallest absolute Gasteiger partial charge is 0.259 e. The summed E-state index contributed by atoms with van der Waals surface area (Å²) in [5.74, 6) is -0.435. The molecule has 0 aliphatic carbocycles. The first-order valence-electron chi connectivity index (χ1n) is 7.01. The van der Waals surface area contributed by atoms with Crippen LogP contribution in [0.4, 0.5) is 5.69 Å². The molecule has 23 heavy (non-hydrogen) atoms. The van der Waals surface area contributed by atoms with E-state index in [0.29, 0.717) is 39.4 Å². The van der Waals surface area contributed by atoms with Crippen molar-refractivity contribution in [2.24, 2.45) is 0 Å². The number of carbonyl (C=O) groups excluding carboxylic acids is 2. The van der Waals surface area contributed by atoms with Gasteiger partial charge in [-0.15, -0.1) is 0 Å². The Balaban J connectivity index is 1.71. The average Bonchev–Trinajstić information content (AvgIpc) is 3.12. The molecule has 2 amide bonds. The zero-order valence-corrected chi connectivity index (χ0v) is 12.6. The van der Waals surface area contributed by atoms with Crippen LogP contribution in [0.1, 0.15) is 26.3 Å². The second-order valence-electron chi connectivity index (χ2n) is 5.26. The molecule has 2 N–H and O–H groups in total. The Morgan fingerprint density at radius 2 is 2.13 bits per heavy atom. The summed E-state index contributed by atoms with van der Waals surface area (Å²) in [7, 11) is 0. The minimum Gasteiger partial charge on any atom is -0.463 e. The monoisotopic (exact) mass is 326 g/mol. The van der Waals surface area contributed by atoms with Gasteiger partial charge < -0.3 is 15.1 Å². The summed E-state index contributed by atoms with van der Waals surface area (Å²) < 4.78 is 5.39. The summed E-state index contributed by atoms with van der Waals surface area (Å²) in [6.07, 6.45) is 1.41. The molecule has 2 aromatic carbocycles. The van der Waals surface area contributed by atoms with Crippen molar-refractivity contribution in [3.63, 3.8) is 0 Å². The fourth-order valence-electron chi connectivity index (χ4n) is 2.74. The third-order valence-corrected chi connectivity index (χ3v) is 4.11. The molecule has 6 heteroatoms. The number of nitrogens with one attached hydrogen (secondary N) is 2. The van der Waals surface area contributed by atoms with Crippen molar-refractivity contribution in [3.05, 3.63) is 64.4 Å². The lowest BCUT2D eigenvalue weighted by Crippen LogP contribution is -2.13. The maximum absolute atomic E-state index is 12.6. The van der Waals surface area contributed by atoms with Crippen LogP contribution in [0.2, 0.25) is 5.02 Å². The molecule has 0 atom stereocenters. The molecule has 0 fully saturated rings. The van der Waals surface area contributed by atoms with Crippen molar-refractivity contribution >= 4 is 40.1 Å². The minimum absolute atomic E-state index is 0.128. The Morgan fingerprint density at radius 3 is 3.00 bits per heavy atom. The van der Waals surface area contributed by atoms with Crippen molar-refractivity contribution in [2.45, 2.75) is 6.54 Å². The van der Waals surface area contributed by atoms with Gasteiger partial charge in [-0.3, -0.25) is 9.59 Å². The summed E-state index contributed by atoms with van der Waals surface area (Å²) in [5.41, 5.74) is 2.98. The first-order valence-corrected chi connectivity index (χ1v) is 7.39. The molecule has 0 radical (unpaired) electrons. The lowest BCUT2D eigenvalue weighted by molar-refractivity contribution is 0.0964. The SMILES string of the molecule is O=C1NCc2c(NC(=O)c3coc4ccc(Cl)cc34)cccc21. The number of benzene rings is 2. The molecule has 0 unspecified atom stereocenters. The van der Waals surface area contributed by atoms with Crippen molar-refractivity contribution < 1.29 is 14.0 Å². The topological polar surface area (TPSA) is 71.3 Å². The van der Waals surface area contributed by atoms with Gasteiger partial charge in [0.05, 0.1) is 5.56 Å². The van der Waals surface area contributed by atoms with Crippen molar-refractivity contribution in [2.75, 3.05) is 5.32 Å². The van der Waals surface area contributed by atoms with Crippen molar-refractivity contribution in [1.82, 2.24) is 5.32 Å². The highest BCUT2D eigenvalue weighted by molar-refractivity contribution is 6.31. The average molecular weight is 327 g/mol. The van der Waals surface area contributed by atoms with Gasteiger partial charge in [-0.1, -0.05) is 17.7 Å². The number of furan rings is 1. The first kappa shape index (κ1) is 13.8. The Hall–Kier alpha value is -2.79. The number of halogens is 1. The van der Waals surface area contributed by atoms with Gasteiger partial charge in [0.25, 0.3) is 11.8 Å². The van der Waals surface area contributed by atoms with Crippen molar-refractivity contribution in [3.8, 4) is 0 Å². The highest BCUT2D eigenvalue weighted by Gasteiger charge is 2.23. The van der Waals surface area contributed by atoms with E-state index in [0.717, 1.165) is 5.56 Å². The number of anilines is 1. The van der Waals surface area contributed by atoms with Crippen LogP contribution in [0.25, 0.3) is 11.0 Å². The number of carbonyl (C=O) groups is 2. The van der Waals surface area contributed by atoms with Crippen LogP contribution in [0, 0.1) is 0 Å². The fraction of sp³-hybridized carbons (Fsp3) is 0.0588. The van der Waals surface area contributed by atoms with Gasteiger partial charge in [-0.2, -0.15) is 0 Å². The number of hydrogen-bond acceptors (Lipinski definition) is 3. The normalized spacial score (nSPS) is 13.0. The van der Waals surface area contributed by atoms with Gasteiger partial charge in [-0.05, 0) is 30.3 Å². The van der Waals surface area contributed by atoms with Gasteiger partial charge in [0, 0.05) is 33.8 Å². The summed E-state index contributed by atoms with van der Waals surface area (Å²) in [4.78, 5) is 24.3. The third kappa shape index (κ3) is 2.26. The van der Waals surface area contributed by atoms with E-state index >= 15 is 0 Å². The van der Waals surface area contributed by atoms with Gasteiger partial charge >= 0.3 is 0 Å². The molecular formula is C17H11ClN2O3. The maximum atomic E-state index is 12.6. The zero-order valence-electron chi connectivity index (χ0n) is 11.9. The lowest BCUT2D eigenvalue weighted by Gasteiger charge is -2.08. The number of fused-ring (bicyclic) bond motifs is 2. The van der Waals surface area contributed by atoms with E-state index in [9.17, 15) is 9.59 Å². The van der Waals surface area contributed by atoms with E-state index in [2.05, 4.69) is 10.6 Å². The van der Waals surface area contributed by atoms with Gasteiger partial charge in [0.1, 0.15) is 11.8 Å². The Bertz CT molecular complexity index is 962. The van der Waals surface area contributed by atoms with Crippen LogP contribution in [0.3, 0.4) is 0 Å². The van der Waals surface area contributed by atoms with Crippen LogP contribution in [-0.2, 0) is 6.54 Å².